The summed E-state index contributed by atoms with van der Waals surface area (Å²) in [7, 11) is -8.26. The van der Waals surface area contributed by atoms with Crippen molar-refractivity contribution < 1.29 is 26.7 Å². The van der Waals surface area contributed by atoms with Gasteiger partial charge in [0, 0.05) is 13.1 Å². The molecule has 1 atom stereocenters. The molecule has 1 unspecified atom stereocenters. The van der Waals surface area contributed by atoms with Crippen LogP contribution in [0, 0.1) is 0 Å². The van der Waals surface area contributed by atoms with E-state index < -0.39 is 37.0 Å². The minimum atomic E-state index is -4.31. The molecule has 0 aromatic heterocycles. The average Bonchev–Trinajstić information content (AvgIpc) is 3.09. The Hall–Kier alpha value is -1.49. The van der Waals surface area contributed by atoms with Crippen LogP contribution in [0.15, 0.2) is 34.1 Å². The van der Waals surface area contributed by atoms with E-state index in [9.17, 15) is 21.6 Å². The lowest BCUT2D eigenvalue weighted by molar-refractivity contribution is -0.139. The van der Waals surface area contributed by atoms with Crippen LogP contribution in [0.1, 0.15) is 32.6 Å². The average molecular weight is 390 g/mol. The van der Waals surface area contributed by atoms with Crippen molar-refractivity contribution in [3.05, 3.63) is 24.3 Å². The molecule has 0 radical (unpaired) electrons. The highest BCUT2D eigenvalue weighted by molar-refractivity contribution is 7.92. The van der Waals surface area contributed by atoms with Crippen LogP contribution in [-0.2, 0) is 24.8 Å². The van der Waals surface area contributed by atoms with Crippen LogP contribution in [0.5, 0.6) is 0 Å². The predicted octanol–water partition coefficient (Wildman–Crippen LogP) is 1.00. The number of aliphatic carboxylic acids is 1. The van der Waals surface area contributed by atoms with Gasteiger partial charge in [-0.05, 0) is 31.4 Å². The van der Waals surface area contributed by atoms with Gasteiger partial charge in [0.05, 0.1) is 0 Å². The summed E-state index contributed by atoms with van der Waals surface area (Å²) in [6.45, 7) is 2.42. The number of benzene rings is 1. The molecule has 25 heavy (non-hydrogen) atoms. The summed E-state index contributed by atoms with van der Waals surface area (Å²) in [6.07, 6.45) is 2.02. The summed E-state index contributed by atoms with van der Waals surface area (Å²) in [4.78, 5) is 10.5. The molecule has 1 saturated heterocycles. The zero-order valence-electron chi connectivity index (χ0n) is 13.9. The minimum Gasteiger partial charge on any atom is -0.480 e. The molecule has 10 heteroatoms. The Bertz CT molecular complexity index is 829. The van der Waals surface area contributed by atoms with Crippen molar-refractivity contribution in [2.45, 2.75) is 48.4 Å². The van der Waals surface area contributed by atoms with Gasteiger partial charge in [0.2, 0.25) is 20.0 Å². The topological polar surface area (TPSA) is 121 Å². The van der Waals surface area contributed by atoms with Gasteiger partial charge in [-0.15, -0.1) is 0 Å². The predicted molar refractivity (Wildman–Crippen MR) is 91.1 cm³/mol. The molecule has 1 heterocycles. The van der Waals surface area contributed by atoms with Crippen LogP contribution in [0.4, 0.5) is 0 Å². The summed E-state index contributed by atoms with van der Waals surface area (Å²) in [6, 6.07) is 3.96. The monoisotopic (exact) mass is 390 g/mol. The van der Waals surface area contributed by atoms with Crippen molar-refractivity contribution in [3.63, 3.8) is 0 Å². The fourth-order valence-electron chi connectivity index (χ4n) is 2.73. The van der Waals surface area contributed by atoms with Gasteiger partial charge in [-0.2, -0.15) is 9.03 Å². The molecule has 2 N–H and O–H groups in total. The van der Waals surface area contributed by atoms with Gasteiger partial charge >= 0.3 is 5.97 Å². The second kappa shape index (κ2) is 7.81. The Morgan fingerprint density at radius 3 is 2.24 bits per heavy atom. The van der Waals surface area contributed by atoms with Gasteiger partial charge < -0.3 is 5.11 Å². The zero-order valence-corrected chi connectivity index (χ0v) is 15.5. The first-order valence-electron chi connectivity index (χ1n) is 8.04. The van der Waals surface area contributed by atoms with Crippen molar-refractivity contribution >= 4 is 26.0 Å². The first-order chi connectivity index (χ1) is 11.7. The van der Waals surface area contributed by atoms with Crippen molar-refractivity contribution in [1.29, 1.82) is 0 Å². The normalized spacial score (nSPS) is 17.5. The van der Waals surface area contributed by atoms with Crippen molar-refractivity contribution in [2.75, 3.05) is 13.1 Å². The third-order valence-electron chi connectivity index (χ3n) is 3.99. The third kappa shape index (κ3) is 4.38. The molecule has 0 amide bonds. The molecule has 1 aromatic carbocycles. The maximum Gasteiger partial charge on any atom is 0.321 e. The first kappa shape index (κ1) is 19.8. The minimum absolute atomic E-state index is 0.107. The van der Waals surface area contributed by atoms with Crippen LogP contribution in [0.25, 0.3) is 0 Å². The van der Waals surface area contributed by atoms with Gasteiger partial charge in [-0.1, -0.05) is 25.5 Å². The Balaban J connectivity index is 2.44. The second-order valence-electron chi connectivity index (χ2n) is 5.86. The van der Waals surface area contributed by atoms with E-state index in [4.69, 9.17) is 5.11 Å². The molecule has 1 aliphatic heterocycles. The number of carboxylic acids is 1. The Kier molecular flexibility index (Phi) is 6.20. The molecule has 1 aromatic rings. The Morgan fingerprint density at radius 2 is 1.72 bits per heavy atom. The Labute approximate surface area is 147 Å². The lowest BCUT2D eigenvalue weighted by Gasteiger charge is -2.19. The van der Waals surface area contributed by atoms with Crippen LogP contribution >= 0.6 is 0 Å². The molecular weight excluding hydrogens is 368 g/mol. The largest absolute Gasteiger partial charge is 0.480 e. The quantitative estimate of drug-likeness (QED) is 0.683. The molecule has 0 aliphatic carbocycles. The highest BCUT2D eigenvalue weighted by Gasteiger charge is 2.34. The van der Waals surface area contributed by atoms with Crippen molar-refractivity contribution in [2.24, 2.45) is 0 Å². The lowest BCUT2D eigenvalue weighted by Crippen LogP contribution is -2.41. The molecule has 140 valence electrons. The third-order valence-corrected chi connectivity index (χ3v) is 7.61. The number of carboxylic acid groups (broad SMARTS) is 1. The van der Waals surface area contributed by atoms with E-state index in [1.807, 2.05) is 0 Å². The number of nitrogens with zero attached hydrogens (tertiary/aromatic N) is 1. The van der Waals surface area contributed by atoms with E-state index in [2.05, 4.69) is 4.72 Å². The standard InChI is InChI=1S/C15H22N2O6S2/c1-2-7-12(15(18)19)16-24(20,21)13-8-3-4-9-14(13)25(22,23)17-10-5-6-11-17/h3-4,8-9,12,16H,2,5-7,10-11H2,1H3,(H,18,19). The number of nitrogens with one attached hydrogen (secondary N) is 1. The molecule has 0 bridgehead atoms. The zero-order chi connectivity index (χ0) is 18.7. The number of hydrogen-bond donors (Lipinski definition) is 2. The molecule has 2 rings (SSSR count). The van der Waals surface area contributed by atoms with E-state index in [1.165, 1.54) is 28.6 Å². The smallest absolute Gasteiger partial charge is 0.321 e. The summed E-state index contributed by atoms with van der Waals surface area (Å²) in [5, 5.41) is 9.16. The van der Waals surface area contributed by atoms with Gasteiger partial charge in [-0.25, -0.2) is 16.8 Å². The van der Waals surface area contributed by atoms with Gasteiger partial charge in [0.1, 0.15) is 15.8 Å². The van der Waals surface area contributed by atoms with E-state index in [-0.39, 0.29) is 11.3 Å². The lowest BCUT2D eigenvalue weighted by atomic mass is 10.2. The highest BCUT2D eigenvalue weighted by atomic mass is 32.2. The molecule has 1 fully saturated rings. The Morgan fingerprint density at radius 1 is 1.16 bits per heavy atom. The van der Waals surface area contributed by atoms with Crippen molar-refractivity contribution in [1.82, 2.24) is 9.03 Å². The highest BCUT2D eigenvalue weighted by Crippen LogP contribution is 2.26. The molecular formula is C15H22N2O6S2. The van der Waals surface area contributed by atoms with Crippen LogP contribution in [-0.4, -0.2) is 51.3 Å². The van der Waals surface area contributed by atoms with Gasteiger partial charge in [-0.3, -0.25) is 4.79 Å². The van der Waals surface area contributed by atoms with Gasteiger partial charge in [0.25, 0.3) is 0 Å². The van der Waals surface area contributed by atoms with Crippen LogP contribution in [0.2, 0.25) is 0 Å². The maximum atomic E-state index is 12.8. The van der Waals surface area contributed by atoms with E-state index >= 15 is 0 Å². The van der Waals surface area contributed by atoms with E-state index in [0.29, 0.717) is 19.5 Å². The molecule has 0 saturated carbocycles. The number of rotatable bonds is 8. The summed E-state index contributed by atoms with van der Waals surface area (Å²) in [5.41, 5.74) is 0. The van der Waals surface area contributed by atoms with Crippen LogP contribution < -0.4 is 4.72 Å². The number of carbonyl (C=O) groups is 1. The van der Waals surface area contributed by atoms with Crippen molar-refractivity contribution in [3.8, 4) is 0 Å². The maximum absolute atomic E-state index is 12.8. The fourth-order valence-corrected chi connectivity index (χ4v) is 6.27. The number of sulfonamides is 2. The molecule has 1 aliphatic rings. The molecule has 0 spiro atoms. The second-order valence-corrected chi connectivity index (χ2v) is 9.45. The van der Waals surface area contributed by atoms with E-state index in [1.54, 1.807) is 6.92 Å². The summed E-state index contributed by atoms with van der Waals surface area (Å²) >= 11 is 0. The first-order valence-corrected chi connectivity index (χ1v) is 11.0. The fraction of sp³-hybridized carbons (Fsp3) is 0.533. The van der Waals surface area contributed by atoms with Gasteiger partial charge in [0.15, 0.2) is 0 Å². The van der Waals surface area contributed by atoms with E-state index in [0.717, 1.165) is 12.8 Å². The molecule has 8 nitrogen and oxygen atoms in total. The summed E-state index contributed by atoms with van der Waals surface area (Å²) in [5.74, 6) is -1.30. The SMILES string of the molecule is CCCC(NS(=O)(=O)c1ccccc1S(=O)(=O)N1CCCC1)C(=O)O. The summed E-state index contributed by atoms with van der Waals surface area (Å²) < 4.78 is 54.2. The number of hydrogen-bond acceptors (Lipinski definition) is 5. The van der Waals surface area contributed by atoms with Crippen LogP contribution in [0.3, 0.4) is 0 Å².